The predicted octanol–water partition coefficient (Wildman–Crippen LogP) is 2.85. The summed E-state index contributed by atoms with van der Waals surface area (Å²) in [4.78, 5) is 11.9. The number of amides is 1. The number of nitrogens with one attached hydrogen (secondary N) is 2. The lowest BCUT2D eigenvalue weighted by Crippen LogP contribution is -2.23. The molecule has 1 atom stereocenters. The molecule has 0 aromatic heterocycles. The third-order valence-corrected chi connectivity index (χ3v) is 4.25. The van der Waals surface area contributed by atoms with Gasteiger partial charge in [0.1, 0.15) is 0 Å². The molecule has 0 aliphatic carbocycles. The van der Waals surface area contributed by atoms with E-state index < -0.39 is 0 Å². The average molecular weight is 282 g/mol. The second-order valence-electron chi connectivity index (χ2n) is 5.86. The summed E-state index contributed by atoms with van der Waals surface area (Å²) in [6.07, 6.45) is 2.84. The van der Waals surface area contributed by atoms with E-state index in [1.807, 2.05) is 12.1 Å². The van der Waals surface area contributed by atoms with Crippen molar-refractivity contribution in [1.82, 2.24) is 10.6 Å². The van der Waals surface area contributed by atoms with Gasteiger partial charge in [-0.2, -0.15) is 0 Å². The highest BCUT2D eigenvalue weighted by molar-refractivity contribution is 5.83. The minimum atomic E-state index is 0.162. The smallest absolute Gasteiger partial charge is 0.220 e. The maximum absolute atomic E-state index is 11.9. The van der Waals surface area contributed by atoms with Crippen molar-refractivity contribution in [3.63, 3.8) is 0 Å². The molecule has 1 unspecified atom stereocenters. The fourth-order valence-electron chi connectivity index (χ4n) is 2.93. The van der Waals surface area contributed by atoms with Gasteiger partial charge in [-0.25, -0.2) is 0 Å². The second-order valence-corrected chi connectivity index (χ2v) is 5.86. The highest BCUT2D eigenvalue weighted by Crippen LogP contribution is 2.16. The number of carbonyl (C=O) groups is 1. The van der Waals surface area contributed by atoms with Gasteiger partial charge in [0.25, 0.3) is 0 Å². The number of carbonyl (C=O) groups excluding carboxylic acids is 1. The van der Waals surface area contributed by atoms with Crippen LogP contribution < -0.4 is 10.6 Å². The molecular weight excluding hydrogens is 260 g/mol. The lowest BCUT2D eigenvalue weighted by molar-refractivity contribution is -0.121. The molecule has 2 aromatic rings. The molecule has 0 bridgehead atoms. The molecule has 0 saturated carbocycles. The topological polar surface area (TPSA) is 41.1 Å². The summed E-state index contributed by atoms with van der Waals surface area (Å²) in [5, 5.41) is 8.83. The highest BCUT2D eigenvalue weighted by atomic mass is 16.1. The molecule has 21 heavy (non-hydrogen) atoms. The first-order valence-corrected chi connectivity index (χ1v) is 7.76. The molecule has 1 aliphatic rings. The highest BCUT2D eigenvalue weighted by Gasteiger charge is 2.15. The summed E-state index contributed by atoms with van der Waals surface area (Å²) in [5.41, 5.74) is 1.16. The standard InChI is InChI=1S/C18H22N2O/c21-18(8-6-14-9-10-19-12-14)20-13-15-5-7-16-3-1-2-4-17(16)11-15/h1-5,7,11,14,19H,6,8-10,12-13H2,(H,20,21). The van der Waals surface area contributed by atoms with Crippen LogP contribution in [0.15, 0.2) is 42.5 Å². The van der Waals surface area contributed by atoms with Crippen molar-refractivity contribution in [2.24, 2.45) is 5.92 Å². The van der Waals surface area contributed by atoms with Crippen LogP contribution in [-0.4, -0.2) is 19.0 Å². The van der Waals surface area contributed by atoms with Gasteiger partial charge in [0.15, 0.2) is 0 Å². The van der Waals surface area contributed by atoms with Crippen molar-refractivity contribution < 1.29 is 4.79 Å². The van der Waals surface area contributed by atoms with Gasteiger partial charge >= 0.3 is 0 Å². The first-order chi connectivity index (χ1) is 10.3. The monoisotopic (exact) mass is 282 g/mol. The fraction of sp³-hybridized carbons (Fsp3) is 0.389. The van der Waals surface area contributed by atoms with Gasteiger partial charge in [-0.1, -0.05) is 36.4 Å². The maximum atomic E-state index is 11.9. The van der Waals surface area contributed by atoms with Crippen molar-refractivity contribution in [3.8, 4) is 0 Å². The summed E-state index contributed by atoms with van der Waals surface area (Å²) in [5.74, 6) is 0.839. The van der Waals surface area contributed by atoms with Gasteiger partial charge in [-0.15, -0.1) is 0 Å². The van der Waals surface area contributed by atoms with Gasteiger partial charge in [0.2, 0.25) is 5.91 Å². The van der Waals surface area contributed by atoms with Gasteiger partial charge in [-0.05, 0) is 54.3 Å². The molecule has 1 fully saturated rings. The number of hydrogen-bond acceptors (Lipinski definition) is 2. The molecular formula is C18H22N2O. The van der Waals surface area contributed by atoms with Crippen LogP contribution >= 0.6 is 0 Å². The Balaban J connectivity index is 1.49. The van der Waals surface area contributed by atoms with E-state index in [9.17, 15) is 4.79 Å². The van der Waals surface area contributed by atoms with Crippen LogP contribution in [0.2, 0.25) is 0 Å². The Kier molecular flexibility index (Phi) is 4.51. The predicted molar refractivity (Wildman–Crippen MR) is 86.0 cm³/mol. The van der Waals surface area contributed by atoms with E-state index in [-0.39, 0.29) is 5.91 Å². The summed E-state index contributed by atoms with van der Waals surface area (Å²) in [7, 11) is 0. The van der Waals surface area contributed by atoms with Crippen LogP contribution in [0.1, 0.15) is 24.8 Å². The Morgan fingerprint density at radius 2 is 2.05 bits per heavy atom. The molecule has 1 saturated heterocycles. The lowest BCUT2D eigenvalue weighted by atomic mass is 10.0. The molecule has 2 N–H and O–H groups in total. The molecule has 110 valence electrons. The SMILES string of the molecule is O=C(CCC1CCNC1)NCc1ccc2ccccc2c1. The van der Waals surface area contributed by atoms with Gasteiger partial charge in [0.05, 0.1) is 0 Å². The lowest BCUT2D eigenvalue weighted by Gasteiger charge is -2.09. The van der Waals surface area contributed by atoms with E-state index in [0.717, 1.165) is 25.1 Å². The van der Waals surface area contributed by atoms with Crippen LogP contribution in [-0.2, 0) is 11.3 Å². The van der Waals surface area contributed by atoms with Crippen molar-refractivity contribution >= 4 is 16.7 Å². The van der Waals surface area contributed by atoms with E-state index in [4.69, 9.17) is 0 Å². The van der Waals surface area contributed by atoms with Gasteiger partial charge in [0, 0.05) is 13.0 Å². The molecule has 0 radical (unpaired) electrons. The molecule has 1 heterocycles. The van der Waals surface area contributed by atoms with Crippen LogP contribution in [0, 0.1) is 5.92 Å². The Labute approximate surface area is 125 Å². The van der Waals surface area contributed by atoms with E-state index in [1.54, 1.807) is 0 Å². The zero-order chi connectivity index (χ0) is 14.5. The number of rotatable bonds is 5. The largest absolute Gasteiger partial charge is 0.352 e. The minimum absolute atomic E-state index is 0.162. The van der Waals surface area contributed by atoms with Crippen molar-refractivity contribution in [1.29, 1.82) is 0 Å². The molecule has 1 amide bonds. The van der Waals surface area contributed by atoms with Crippen molar-refractivity contribution in [2.75, 3.05) is 13.1 Å². The Morgan fingerprint density at radius 3 is 2.86 bits per heavy atom. The number of benzene rings is 2. The zero-order valence-corrected chi connectivity index (χ0v) is 12.3. The van der Waals surface area contributed by atoms with Crippen LogP contribution in [0.5, 0.6) is 0 Å². The van der Waals surface area contributed by atoms with Gasteiger partial charge < -0.3 is 10.6 Å². The quantitative estimate of drug-likeness (QED) is 0.885. The molecule has 2 aromatic carbocycles. The average Bonchev–Trinajstić information content (AvgIpc) is 3.04. The van der Waals surface area contributed by atoms with Crippen LogP contribution in [0.25, 0.3) is 10.8 Å². The summed E-state index contributed by atoms with van der Waals surface area (Å²) in [6.45, 7) is 2.79. The molecule has 0 spiro atoms. The molecule has 1 aliphatic heterocycles. The summed E-state index contributed by atoms with van der Waals surface area (Å²) < 4.78 is 0. The van der Waals surface area contributed by atoms with Crippen molar-refractivity contribution in [3.05, 3.63) is 48.0 Å². The van der Waals surface area contributed by atoms with Crippen LogP contribution in [0.4, 0.5) is 0 Å². The van der Waals surface area contributed by atoms with E-state index in [1.165, 1.54) is 17.2 Å². The third kappa shape index (κ3) is 3.82. The Hall–Kier alpha value is -1.87. The maximum Gasteiger partial charge on any atom is 0.220 e. The second kappa shape index (κ2) is 6.72. The Bertz CT molecular complexity index is 617. The first kappa shape index (κ1) is 14.1. The molecule has 3 heteroatoms. The van der Waals surface area contributed by atoms with E-state index in [0.29, 0.717) is 18.9 Å². The molecule has 3 rings (SSSR count). The number of fused-ring (bicyclic) bond motifs is 1. The summed E-state index contributed by atoms with van der Waals surface area (Å²) >= 11 is 0. The zero-order valence-electron chi connectivity index (χ0n) is 12.3. The number of hydrogen-bond donors (Lipinski definition) is 2. The summed E-state index contributed by atoms with van der Waals surface area (Å²) in [6, 6.07) is 14.6. The fourth-order valence-corrected chi connectivity index (χ4v) is 2.93. The third-order valence-electron chi connectivity index (χ3n) is 4.25. The minimum Gasteiger partial charge on any atom is -0.352 e. The van der Waals surface area contributed by atoms with E-state index >= 15 is 0 Å². The normalized spacial score (nSPS) is 18.0. The Morgan fingerprint density at radius 1 is 1.19 bits per heavy atom. The first-order valence-electron chi connectivity index (χ1n) is 7.76. The van der Waals surface area contributed by atoms with Gasteiger partial charge in [-0.3, -0.25) is 4.79 Å². The van der Waals surface area contributed by atoms with Crippen molar-refractivity contribution in [2.45, 2.75) is 25.8 Å². The van der Waals surface area contributed by atoms with E-state index in [2.05, 4.69) is 41.0 Å². The molecule has 3 nitrogen and oxygen atoms in total. The van der Waals surface area contributed by atoms with Crippen LogP contribution in [0.3, 0.4) is 0 Å².